The first-order valence-corrected chi connectivity index (χ1v) is 21.2. The van der Waals surface area contributed by atoms with Crippen molar-refractivity contribution in [3.63, 3.8) is 0 Å². The zero-order valence-electron chi connectivity index (χ0n) is 28.0. The van der Waals surface area contributed by atoms with E-state index in [4.69, 9.17) is 15.3 Å². The van der Waals surface area contributed by atoms with Crippen molar-refractivity contribution < 1.29 is 17.0 Å². The summed E-state index contributed by atoms with van der Waals surface area (Å²) in [7, 11) is 14.6. The standard InChI is InChI=1S/C28H41N2P.C12H10N.ClH.Pd/c1-29(2)25-19-13-20-26(30(3)4)28(25)24-18-11-12-21-27(24)31(22-14-7-5-8-15-22)23-16-9-6-10-17-23;13-12-9-5-4-8-11(12)10-6-2-1-3-7-10;;/h11-13,18-23H,5-10,14-17H2,1-4H3;1-6,8-9H,13H2;1H;/q;;;+1/p-1. The first-order valence-electron chi connectivity index (χ1n) is 16.9. The number of para-hydroxylation sites is 1. The van der Waals surface area contributed by atoms with Crippen LogP contribution in [0.3, 0.4) is 0 Å². The molecule has 2 saturated carbocycles. The van der Waals surface area contributed by atoms with Gasteiger partial charge in [0, 0.05) is 45.1 Å². The first kappa shape index (κ1) is 35.0. The number of rotatable bonds is 8. The van der Waals surface area contributed by atoms with Gasteiger partial charge in [-0.3, -0.25) is 0 Å². The summed E-state index contributed by atoms with van der Waals surface area (Å²) in [6.07, 6.45) is 14.5. The predicted octanol–water partition coefficient (Wildman–Crippen LogP) is 10.1. The van der Waals surface area contributed by atoms with Crippen LogP contribution < -0.4 is 24.9 Å². The van der Waals surface area contributed by atoms with E-state index < -0.39 is 0 Å². The first-order chi connectivity index (χ1) is 22.4. The second-order valence-corrected chi connectivity index (χ2v) is 17.7. The Bertz CT molecular complexity index is 1500. The number of halogens is 1. The molecule has 0 saturated heterocycles. The summed E-state index contributed by atoms with van der Waals surface area (Å²) in [5.41, 5.74) is 16.4. The van der Waals surface area contributed by atoms with Gasteiger partial charge in [-0.2, -0.15) is 0 Å². The number of hydrogen-bond acceptors (Lipinski definition) is 3. The molecule has 0 spiro atoms. The fourth-order valence-electron chi connectivity index (χ4n) is 7.32. The van der Waals surface area contributed by atoms with Crippen molar-refractivity contribution in [3.05, 3.63) is 91.0 Å². The van der Waals surface area contributed by atoms with Crippen LogP contribution in [0.5, 0.6) is 0 Å². The molecule has 0 heterocycles. The molecule has 0 atom stereocenters. The fraction of sp³-hybridized carbons (Fsp3) is 0.400. The van der Waals surface area contributed by atoms with E-state index in [1.165, 1.54) is 86.7 Å². The van der Waals surface area contributed by atoms with Crippen molar-refractivity contribution >= 4 is 43.9 Å². The summed E-state index contributed by atoms with van der Waals surface area (Å²) in [6.45, 7) is 0. The van der Waals surface area contributed by atoms with Gasteiger partial charge in [-0.1, -0.05) is 76.8 Å². The average molecular weight is 747 g/mol. The van der Waals surface area contributed by atoms with E-state index in [1.807, 2.05) is 42.5 Å². The van der Waals surface area contributed by atoms with Crippen molar-refractivity contribution in [2.24, 2.45) is 0 Å². The molecular weight excluding hydrogens is 695 g/mol. The van der Waals surface area contributed by atoms with E-state index in [2.05, 4.69) is 86.5 Å². The Morgan fingerprint density at radius 1 is 0.587 bits per heavy atom. The van der Waals surface area contributed by atoms with Crippen LogP contribution in [-0.4, -0.2) is 39.5 Å². The molecule has 4 aromatic rings. The molecule has 2 aliphatic carbocycles. The van der Waals surface area contributed by atoms with Gasteiger partial charge in [0.15, 0.2) is 0 Å². The van der Waals surface area contributed by atoms with Crippen LogP contribution in [0.2, 0.25) is 0 Å². The molecule has 0 amide bonds. The molecule has 2 fully saturated rings. The van der Waals surface area contributed by atoms with Gasteiger partial charge in [0.2, 0.25) is 0 Å². The van der Waals surface area contributed by atoms with Gasteiger partial charge in [0.1, 0.15) is 0 Å². The molecule has 0 aliphatic heterocycles. The third kappa shape index (κ3) is 8.38. The predicted molar refractivity (Wildman–Crippen MR) is 203 cm³/mol. The van der Waals surface area contributed by atoms with Crippen molar-refractivity contribution in [3.8, 4) is 22.3 Å². The Hall–Kier alpha value is -2.34. The van der Waals surface area contributed by atoms with E-state index in [-0.39, 0.29) is 24.9 Å². The van der Waals surface area contributed by atoms with Gasteiger partial charge in [0.25, 0.3) is 0 Å². The zero-order valence-corrected chi connectivity index (χ0v) is 31.2. The fourth-order valence-corrected chi connectivity index (χ4v) is 12.6. The number of anilines is 3. The molecule has 4 aromatic carbocycles. The van der Waals surface area contributed by atoms with Crippen molar-refractivity contribution in [2.75, 3.05) is 43.7 Å². The normalized spacial score (nSPS) is 15.8. The summed E-state index contributed by atoms with van der Waals surface area (Å²) in [5, 5.41) is 1.69. The minimum atomic E-state index is -0.137. The Morgan fingerprint density at radius 2 is 1.07 bits per heavy atom. The molecular formula is C40H51ClN3PPd. The quantitative estimate of drug-likeness (QED) is 0.111. The van der Waals surface area contributed by atoms with E-state index in [0.29, 0.717) is 0 Å². The SMILES string of the molecule is CN(C)c1cccc(N(C)C)c1-c1ccccc1P(C1CCCCC1)C1CCCCC1.Nc1ccccc1-c1cccc[c]1[Pd][Cl]. The molecule has 2 aliphatic rings. The van der Waals surface area contributed by atoms with Gasteiger partial charge in [-0.05, 0) is 60.0 Å². The van der Waals surface area contributed by atoms with Crippen LogP contribution in [0.4, 0.5) is 17.1 Å². The molecule has 0 unspecified atom stereocenters. The molecule has 2 N–H and O–H groups in total. The number of nitrogens with two attached hydrogens (primary N) is 1. The zero-order chi connectivity index (χ0) is 32.5. The third-order valence-corrected chi connectivity index (χ3v) is 14.8. The van der Waals surface area contributed by atoms with Crippen LogP contribution in [0, 0.1) is 0 Å². The van der Waals surface area contributed by atoms with Crippen molar-refractivity contribution in [1.82, 2.24) is 0 Å². The van der Waals surface area contributed by atoms with E-state index in [1.54, 1.807) is 5.30 Å². The topological polar surface area (TPSA) is 32.5 Å². The molecule has 3 nitrogen and oxygen atoms in total. The Kier molecular flexibility index (Phi) is 13.1. The molecule has 6 heteroatoms. The van der Waals surface area contributed by atoms with Crippen molar-refractivity contribution in [2.45, 2.75) is 75.5 Å². The molecule has 6 rings (SSSR count). The number of benzene rings is 4. The van der Waals surface area contributed by atoms with Crippen LogP contribution >= 0.6 is 17.5 Å². The minimum absolute atomic E-state index is 0.0778. The number of hydrogen-bond donors (Lipinski definition) is 1. The second-order valence-electron chi connectivity index (χ2n) is 13.1. The molecule has 0 bridgehead atoms. The summed E-state index contributed by atoms with van der Waals surface area (Å²) in [4.78, 5) is 4.59. The van der Waals surface area contributed by atoms with Gasteiger partial charge in [0.05, 0.1) is 0 Å². The Morgan fingerprint density at radius 3 is 1.59 bits per heavy atom. The Labute approximate surface area is 291 Å². The second kappa shape index (κ2) is 17.2. The third-order valence-electron chi connectivity index (χ3n) is 9.53. The van der Waals surface area contributed by atoms with Gasteiger partial charge in [-0.15, -0.1) is 0 Å². The van der Waals surface area contributed by atoms with E-state index >= 15 is 0 Å². The van der Waals surface area contributed by atoms with Crippen LogP contribution in [0.25, 0.3) is 22.3 Å². The van der Waals surface area contributed by atoms with Crippen LogP contribution in [0.1, 0.15) is 64.2 Å². The monoisotopic (exact) mass is 745 g/mol. The average Bonchev–Trinajstić information content (AvgIpc) is 3.10. The van der Waals surface area contributed by atoms with Gasteiger partial charge >= 0.3 is 102 Å². The van der Waals surface area contributed by atoms with Crippen molar-refractivity contribution in [1.29, 1.82) is 0 Å². The maximum absolute atomic E-state index is 5.94. The number of nitrogens with zero attached hydrogens (tertiary/aromatic N) is 2. The van der Waals surface area contributed by atoms with Gasteiger partial charge < -0.3 is 9.80 Å². The maximum atomic E-state index is 5.94. The van der Waals surface area contributed by atoms with Crippen LogP contribution in [-0.2, 0) is 17.0 Å². The number of nitrogen functional groups attached to an aromatic ring is 1. The summed E-state index contributed by atoms with van der Waals surface area (Å²) < 4.78 is 1.16. The molecule has 248 valence electrons. The summed E-state index contributed by atoms with van der Waals surface area (Å²) >= 11 is 0.0778. The summed E-state index contributed by atoms with van der Waals surface area (Å²) in [5.74, 6) is 0. The molecule has 46 heavy (non-hydrogen) atoms. The van der Waals surface area contributed by atoms with Crippen LogP contribution in [0.15, 0.2) is 91.0 Å². The van der Waals surface area contributed by atoms with E-state index in [0.717, 1.165) is 32.2 Å². The summed E-state index contributed by atoms with van der Waals surface area (Å²) in [6, 6.07) is 32.3. The van der Waals surface area contributed by atoms with Gasteiger partial charge in [-0.25, -0.2) is 0 Å². The Balaban J connectivity index is 0.000000232. The molecule has 0 radical (unpaired) electrons. The van der Waals surface area contributed by atoms with E-state index in [9.17, 15) is 0 Å². The molecule has 0 aromatic heterocycles.